The highest BCUT2D eigenvalue weighted by atomic mass is 16.7. The number of ether oxygens (including phenoxy) is 3. The van der Waals surface area contributed by atoms with E-state index < -0.39 is 0 Å². The van der Waals surface area contributed by atoms with Crippen LogP contribution >= 0.6 is 0 Å². The quantitative estimate of drug-likeness (QED) is 0.865. The van der Waals surface area contributed by atoms with E-state index >= 15 is 0 Å². The predicted molar refractivity (Wildman–Crippen MR) is 88.1 cm³/mol. The lowest BCUT2D eigenvalue weighted by Gasteiger charge is -2.27. The average Bonchev–Trinajstić information content (AvgIpc) is 3.30. The van der Waals surface area contributed by atoms with E-state index in [4.69, 9.17) is 14.2 Å². The minimum absolute atomic E-state index is 0.281. The number of benzene rings is 1. The Morgan fingerprint density at radius 1 is 1.17 bits per heavy atom. The summed E-state index contributed by atoms with van der Waals surface area (Å²) in [6.07, 6.45) is 6.33. The van der Waals surface area contributed by atoms with Crippen molar-refractivity contribution in [3.05, 3.63) is 48.3 Å². The summed E-state index contributed by atoms with van der Waals surface area (Å²) in [6.45, 7) is 2.36. The molecule has 0 amide bonds. The van der Waals surface area contributed by atoms with E-state index in [-0.39, 0.29) is 6.10 Å². The lowest BCUT2D eigenvalue weighted by molar-refractivity contribution is 0.141. The Labute approximate surface area is 141 Å². The molecule has 2 bridgehead atoms. The van der Waals surface area contributed by atoms with Gasteiger partial charge in [0.05, 0.1) is 6.20 Å². The van der Waals surface area contributed by atoms with Crippen molar-refractivity contribution in [2.45, 2.75) is 31.5 Å². The first-order valence-electron chi connectivity index (χ1n) is 8.56. The Morgan fingerprint density at radius 3 is 3.04 bits per heavy atom. The van der Waals surface area contributed by atoms with Crippen LogP contribution < -0.4 is 14.2 Å². The van der Waals surface area contributed by atoms with E-state index in [9.17, 15) is 0 Å². The van der Waals surface area contributed by atoms with Gasteiger partial charge < -0.3 is 14.2 Å². The largest absolute Gasteiger partial charge is 0.487 e. The van der Waals surface area contributed by atoms with E-state index in [1.807, 2.05) is 18.2 Å². The smallest absolute Gasteiger partial charge is 0.231 e. The summed E-state index contributed by atoms with van der Waals surface area (Å²) < 4.78 is 17.1. The van der Waals surface area contributed by atoms with Gasteiger partial charge in [0.15, 0.2) is 11.5 Å². The van der Waals surface area contributed by atoms with Gasteiger partial charge in [-0.05, 0) is 42.7 Å². The number of hydrogen-bond acceptors (Lipinski definition) is 5. The molecule has 2 aliphatic heterocycles. The summed E-state index contributed by atoms with van der Waals surface area (Å²) in [5, 5.41) is 0. The van der Waals surface area contributed by atoms with E-state index in [0.29, 0.717) is 18.8 Å². The van der Waals surface area contributed by atoms with Gasteiger partial charge in [0.2, 0.25) is 6.79 Å². The molecule has 0 radical (unpaired) electrons. The molecular formula is C19H20N2O3. The third-order valence-corrected chi connectivity index (χ3v) is 5.34. The van der Waals surface area contributed by atoms with Gasteiger partial charge in [-0.15, -0.1) is 0 Å². The van der Waals surface area contributed by atoms with Crippen LogP contribution in [0.5, 0.6) is 17.2 Å². The van der Waals surface area contributed by atoms with Gasteiger partial charge in [-0.3, -0.25) is 9.88 Å². The van der Waals surface area contributed by atoms with Crippen molar-refractivity contribution in [3.8, 4) is 17.2 Å². The highest BCUT2D eigenvalue weighted by Crippen LogP contribution is 2.41. The molecule has 0 N–H and O–H groups in total. The van der Waals surface area contributed by atoms with Crippen LogP contribution in [0.3, 0.4) is 0 Å². The number of aromatic nitrogens is 1. The number of likely N-dealkylation sites (tertiary alicyclic amines) is 1. The summed E-state index contributed by atoms with van der Waals surface area (Å²) in [5.41, 5.74) is 1.27. The van der Waals surface area contributed by atoms with Crippen LogP contribution in [0, 0.1) is 5.92 Å². The predicted octanol–water partition coefficient (Wildman–Crippen LogP) is 2.85. The van der Waals surface area contributed by atoms with Gasteiger partial charge in [-0.25, -0.2) is 0 Å². The van der Waals surface area contributed by atoms with E-state index in [1.54, 1.807) is 12.4 Å². The zero-order chi connectivity index (χ0) is 15.9. The van der Waals surface area contributed by atoms with Gasteiger partial charge in [-0.2, -0.15) is 0 Å². The molecule has 1 aliphatic carbocycles. The minimum atomic E-state index is 0.281. The van der Waals surface area contributed by atoms with Crippen LogP contribution in [-0.2, 0) is 6.54 Å². The summed E-state index contributed by atoms with van der Waals surface area (Å²) >= 11 is 0. The second-order valence-electron chi connectivity index (χ2n) is 6.79. The molecule has 1 aromatic heterocycles. The van der Waals surface area contributed by atoms with Gasteiger partial charge in [0.25, 0.3) is 0 Å². The van der Waals surface area contributed by atoms with Gasteiger partial charge >= 0.3 is 0 Å². The monoisotopic (exact) mass is 324 g/mol. The van der Waals surface area contributed by atoms with Crippen LogP contribution in [0.25, 0.3) is 0 Å². The van der Waals surface area contributed by atoms with Crippen molar-refractivity contribution in [1.29, 1.82) is 0 Å². The topological polar surface area (TPSA) is 43.8 Å². The molecule has 24 heavy (non-hydrogen) atoms. The number of fused-ring (bicyclic) bond motifs is 3. The maximum atomic E-state index is 6.26. The Hall–Kier alpha value is -2.27. The Bertz CT molecular complexity index is 737. The van der Waals surface area contributed by atoms with Crippen molar-refractivity contribution < 1.29 is 14.2 Å². The molecule has 124 valence electrons. The number of rotatable bonds is 4. The molecule has 0 unspecified atom stereocenters. The second-order valence-corrected chi connectivity index (χ2v) is 6.79. The molecule has 3 aliphatic rings. The lowest BCUT2D eigenvalue weighted by atomic mass is 10.1. The fourth-order valence-corrected chi connectivity index (χ4v) is 4.25. The highest BCUT2D eigenvalue weighted by Gasteiger charge is 2.48. The molecule has 1 saturated carbocycles. The SMILES string of the molecule is c1cncc(O[C@@H]2[C@H]3CC[C@H]2N(Cc2ccc4c(c2)OCO4)C3)c1. The first kappa shape index (κ1) is 14.1. The lowest BCUT2D eigenvalue weighted by Crippen LogP contribution is -2.35. The third kappa shape index (κ3) is 2.40. The fraction of sp³-hybridized carbons (Fsp3) is 0.421. The van der Waals surface area contributed by atoms with Crippen LogP contribution in [0.2, 0.25) is 0 Å². The minimum Gasteiger partial charge on any atom is -0.487 e. The molecule has 5 nitrogen and oxygen atoms in total. The first-order chi connectivity index (χ1) is 11.9. The third-order valence-electron chi connectivity index (χ3n) is 5.34. The Kier molecular flexibility index (Phi) is 3.33. The molecule has 1 aromatic carbocycles. The summed E-state index contributed by atoms with van der Waals surface area (Å²) in [6, 6.07) is 10.7. The van der Waals surface area contributed by atoms with Gasteiger partial charge in [0, 0.05) is 31.2 Å². The number of pyridine rings is 1. The number of piperidine rings is 1. The number of nitrogens with zero attached hydrogens (tertiary/aromatic N) is 2. The van der Waals surface area contributed by atoms with Crippen molar-refractivity contribution >= 4 is 0 Å². The van der Waals surface area contributed by atoms with Gasteiger partial charge in [-0.1, -0.05) is 6.07 Å². The maximum Gasteiger partial charge on any atom is 0.231 e. The van der Waals surface area contributed by atoms with Crippen LogP contribution in [0.1, 0.15) is 18.4 Å². The Balaban J connectivity index is 1.30. The summed E-state index contributed by atoms with van der Waals surface area (Å²) in [7, 11) is 0. The van der Waals surface area contributed by atoms with E-state index in [2.05, 4.69) is 22.0 Å². The van der Waals surface area contributed by atoms with Crippen LogP contribution in [0.4, 0.5) is 0 Å². The Morgan fingerprint density at radius 2 is 2.12 bits per heavy atom. The standard InChI is InChI=1S/C19H20N2O3/c1-2-15(9-20-7-1)24-19-14-4-5-16(19)21(11-14)10-13-3-6-17-18(8-13)23-12-22-17/h1-3,6-9,14,16,19H,4-5,10-12H2/t14-,16+,19+/m0/s1. The van der Waals surface area contributed by atoms with E-state index in [0.717, 1.165) is 30.3 Å². The molecule has 2 aromatic rings. The van der Waals surface area contributed by atoms with E-state index in [1.165, 1.54) is 18.4 Å². The molecule has 5 heteroatoms. The van der Waals surface area contributed by atoms with Crippen LogP contribution in [-0.4, -0.2) is 35.4 Å². The first-order valence-corrected chi connectivity index (χ1v) is 8.56. The molecular weight excluding hydrogens is 304 g/mol. The fourth-order valence-electron chi connectivity index (χ4n) is 4.25. The molecule has 3 atom stereocenters. The highest BCUT2D eigenvalue weighted by molar-refractivity contribution is 5.44. The molecule has 1 saturated heterocycles. The van der Waals surface area contributed by atoms with Crippen molar-refractivity contribution in [3.63, 3.8) is 0 Å². The molecule has 3 heterocycles. The molecule has 0 spiro atoms. The molecule has 2 fully saturated rings. The van der Waals surface area contributed by atoms with Crippen LogP contribution in [0.15, 0.2) is 42.7 Å². The van der Waals surface area contributed by atoms with Gasteiger partial charge in [0.1, 0.15) is 11.9 Å². The second kappa shape index (κ2) is 5.67. The van der Waals surface area contributed by atoms with Crippen molar-refractivity contribution in [1.82, 2.24) is 9.88 Å². The van der Waals surface area contributed by atoms with Crippen molar-refractivity contribution in [2.75, 3.05) is 13.3 Å². The average molecular weight is 324 g/mol. The molecule has 5 rings (SSSR count). The zero-order valence-corrected chi connectivity index (χ0v) is 13.4. The summed E-state index contributed by atoms with van der Waals surface area (Å²) in [4.78, 5) is 6.70. The zero-order valence-electron chi connectivity index (χ0n) is 13.4. The van der Waals surface area contributed by atoms with Crippen molar-refractivity contribution in [2.24, 2.45) is 5.92 Å². The summed E-state index contributed by atoms with van der Waals surface area (Å²) in [5.74, 6) is 3.20. The maximum absolute atomic E-state index is 6.26. The number of hydrogen-bond donors (Lipinski definition) is 0. The normalized spacial score (nSPS) is 27.6.